The van der Waals surface area contributed by atoms with Crippen LogP contribution in [-0.4, -0.2) is 48.6 Å². The number of hydrogen-bond donors (Lipinski definition) is 1. The van der Waals surface area contributed by atoms with Crippen molar-refractivity contribution >= 4 is 11.8 Å². The van der Waals surface area contributed by atoms with Crippen LogP contribution in [0.2, 0.25) is 0 Å². The topological polar surface area (TPSA) is 15.3 Å². The minimum absolute atomic E-state index is 0.358. The molecule has 1 rings (SSSR count). The lowest BCUT2D eigenvalue weighted by atomic mass is 10.00. The first-order valence-corrected chi connectivity index (χ1v) is 6.51. The van der Waals surface area contributed by atoms with Gasteiger partial charge in [-0.3, -0.25) is 4.90 Å². The third-order valence-corrected chi connectivity index (χ3v) is 3.45. The van der Waals surface area contributed by atoms with Gasteiger partial charge in [-0.2, -0.15) is 11.8 Å². The van der Waals surface area contributed by atoms with E-state index >= 15 is 0 Å². The highest BCUT2D eigenvalue weighted by Crippen LogP contribution is 2.16. The van der Waals surface area contributed by atoms with E-state index in [-0.39, 0.29) is 0 Å². The van der Waals surface area contributed by atoms with Crippen LogP contribution in [0.15, 0.2) is 0 Å². The number of piperazine rings is 1. The van der Waals surface area contributed by atoms with Crippen LogP contribution in [0, 0.1) is 0 Å². The summed E-state index contributed by atoms with van der Waals surface area (Å²) in [7, 11) is 0. The molecule has 78 valence electrons. The minimum atomic E-state index is 0.358. The zero-order chi connectivity index (χ0) is 9.73. The molecule has 1 N–H and O–H groups in total. The van der Waals surface area contributed by atoms with E-state index in [1.165, 1.54) is 25.3 Å². The van der Waals surface area contributed by atoms with Crippen LogP contribution in [0.4, 0.5) is 0 Å². The SMILES string of the molecule is CSCCCN1CCNCC1(C)C. The van der Waals surface area contributed by atoms with Crippen molar-refractivity contribution in [3.05, 3.63) is 0 Å². The maximum absolute atomic E-state index is 3.45. The fourth-order valence-corrected chi connectivity index (χ4v) is 2.25. The molecular weight excluding hydrogens is 180 g/mol. The number of nitrogens with zero attached hydrogens (tertiary/aromatic N) is 1. The van der Waals surface area contributed by atoms with Crippen LogP contribution in [0.1, 0.15) is 20.3 Å². The van der Waals surface area contributed by atoms with Gasteiger partial charge in [0, 0.05) is 25.2 Å². The van der Waals surface area contributed by atoms with Crippen molar-refractivity contribution in [2.24, 2.45) is 0 Å². The molecule has 0 saturated carbocycles. The zero-order valence-corrected chi connectivity index (χ0v) is 9.91. The highest BCUT2D eigenvalue weighted by molar-refractivity contribution is 7.98. The molecular formula is C10H22N2S. The Kier molecular flexibility index (Phi) is 4.56. The van der Waals surface area contributed by atoms with Gasteiger partial charge in [-0.05, 0) is 38.8 Å². The smallest absolute Gasteiger partial charge is 0.0278 e. The summed E-state index contributed by atoms with van der Waals surface area (Å²) in [6, 6.07) is 0. The number of nitrogens with one attached hydrogen (secondary N) is 1. The third-order valence-electron chi connectivity index (χ3n) is 2.75. The average Bonchev–Trinajstić information content (AvgIpc) is 2.08. The Bertz CT molecular complexity index is 148. The molecule has 3 heteroatoms. The Morgan fingerprint density at radius 3 is 2.85 bits per heavy atom. The molecule has 0 aromatic carbocycles. The Morgan fingerprint density at radius 1 is 1.46 bits per heavy atom. The van der Waals surface area contributed by atoms with Gasteiger partial charge in [0.05, 0.1) is 0 Å². The molecule has 0 spiro atoms. The van der Waals surface area contributed by atoms with Crippen molar-refractivity contribution in [2.75, 3.05) is 38.2 Å². The Hall–Kier alpha value is 0.270. The van der Waals surface area contributed by atoms with Crippen LogP contribution in [0.25, 0.3) is 0 Å². The number of thioether (sulfide) groups is 1. The third kappa shape index (κ3) is 3.49. The van der Waals surface area contributed by atoms with E-state index in [1.54, 1.807) is 0 Å². The van der Waals surface area contributed by atoms with E-state index < -0.39 is 0 Å². The van der Waals surface area contributed by atoms with Gasteiger partial charge in [0.2, 0.25) is 0 Å². The molecule has 1 fully saturated rings. The van der Waals surface area contributed by atoms with Gasteiger partial charge >= 0.3 is 0 Å². The maximum atomic E-state index is 3.45. The summed E-state index contributed by atoms with van der Waals surface area (Å²) in [5.41, 5.74) is 0.358. The molecule has 1 aliphatic heterocycles. The van der Waals surface area contributed by atoms with Crippen LogP contribution in [0.5, 0.6) is 0 Å². The lowest BCUT2D eigenvalue weighted by Gasteiger charge is -2.42. The van der Waals surface area contributed by atoms with E-state index in [9.17, 15) is 0 Å². The first-order valence-electron chi connectivity index (χ1n) is 5.11. The summed E-state index contributed by atoms with van der Waals surface area (Å²) >= 11 is 1.95. The molecule has 0 bridgehead atoms. The summed E-state index contributed by atoms with van der Waals surface area (Å²) in [6.45, 7) is 9.42. The van der Waals surface area contributed by atoms with Gasteiger partial charge < -0.3 is 5.32 Å². The highest BCUT2D eigenvalue weighted by Gasteiger charge is 2.28. The number of hydrogen-bond acceptors (Lipinski definition) is 3. The number of rotatable bonds is 4. The van der Waals surface area contributed by atoms with Crippen LogP contribution < -0.4 is 5.32 Å². The first kappa shape index (κ1) is 11.3. The zero-order valence-electron chi connectivity index (χ0n) is 9.10. The van der Waals surface area contributed by atoms with E-state index in [0.29, 0.717) is 5.54 Å². The lowest BCUT2D eigenvalue weighted by molar-refractivity contribution is 0.0913. The first-order chi connectivity index (χ1) is 6.17. The molecule has 1 heterocycles. The standard InChI is InChI=1S/C10H22N2S/c1-10(2)9-11-5-7-12(10)6-4-8-13-3/h11H,4-9H2,1-3H3. The fourth-order valence-electron chi connectivity index (χ4n) is 1.84. The minimum Gasteiger partial charge on any atom is -0.314 e. The molecule has 0 unspecified atom stereocenters. The molecule has 2 nitrogen and oxygen atoms in total. The van der Waals surface area contributed by atoms with E-state index in [4.69, 9.17) is 0 Å². The molecule has 0 amide bonds. The fraction of sp³-hybridized carbons (Fsp3) is 1.00. The van der Waals surface area contributed by atoms with E-state index in [2.05, 4.69) is 30.3 Å². The van der Waals surface area contributed by atoms with Crippen molar-refractivity contribution in [3.8, 4) is 0 Å². The molecule has 0 aromatic rings. The molecule has 0 atom stereocenters. The average molecular weight is 202 g/mol. The monoisotopic (exact) mass is 202 g/mol. The summed E-state index contributed by atoms with van der Waals surface area (Å²) in [6.07, 6.45) is 3.51. The molecule has 1 saturated heterocycles. The second-order valence-corrected chi connectivity index (χ2v) is 5.31. The van der Waals surface area contributed by atoms with Gasteiger partial charge in [0.25, 0.3) is 0 Å². The quantitative estimate of drug-likeness (QED) is 0.694. The van der Waals surface area contributed by atoms with Gasteiger partial charge in [-0.1, -0.05) is 0 Å². The van der Waals surface area contributed by atoms with E-state index in [0.717, 1.165) is 13.1 Å². The highest BCUT2D eigenvalue weighted by atomic mass is 32.2. The lowest BCUT2D eigenvalue weighted by Crippen LogP contribution is -2.58. The Morgan fingerprint density at radius 2 is 2.23 bits per heavy atom. The van der Waals surface area contributed by atoms with E-state index in [1.807, 2.05) is 11.8 Å². The summed E-state index contributed by atoms with van der Waals surface area (Å²) in [5, 5.41) is 3.45. The maximum Gasteiger partial charge on any atom is 0.0278 e. The summed E-state index contributed by atoms with van der Waals surface area (Å²) < 4.78 is 0. The predicted molar refractivity (Wildman–Crippen MR) is 61.5 cm³/mol. The van der Waals surface area contributed by atoms with Crippen LogP contribution >= 0.6 is 11.8 Å². The van der Waals surface area contributed by atoms with Crippen LogP contribution in [-0.2, 0) is 0 Å². The normalized spacial score (nSPS) is 23.3. The van der Waals surface area contributed by atoms with Crippen LogP contribution in [0.3, 0.4) is 0 Å². The summed E-state index contributed by atoms with van der Waals surface area (Å²) in [4.78, 5) is 2.61. The molecule has 0 aliphatic carbocycles. The summed E-state index contributed by atoms with van der Waals surface area (Å²) in [5.74, 6) is 1.29. The van der Waals surface area contributed by atoms with Gasteiger partial charge in [0.1, 0.15) is 0 Å². The molecule has 1 aliphatic rings. The Balaban J connectivity index is 2.29. The Labute approximate surface area is 86.5 Å². The predicted octanol–water partition coefficient (Wildman–Crippen LogP) is 1.42. The molecule has 13 heavy (non-hydrogen) atoms. The largest absolute Gasteiger partial charge is 0.314 e. The van der Waals surface area contributed by atoms with Crippen molar-refractivity contribution in [1.29, 1.82) is 0 Å². The van der Waals surface area contributed by atoms with Gasteiger partial charge in [-0.25, -0.2) is 0 Å². The van der Waals surface area contributed by atoms with Gasteiger partial charge in [-0.15, -0.1) is 0 Å². The van der Waals surface area contributed by atoms with Crippen molar-refractivity contribution in [3.63, 3.8) is 0 Å². The van der Waals surface area contributed by atoms with Crippen molar-refractivity contribution < 1.29 is 0 Å². The van der Waals surface area contributed by atoms with Crippen molar-refractivity contribution in [2.45, 2.75) is 25.8 Å². The second kappa shape index (κ2) is 5.23. The molecule has 0 radical (unpaired) electrons. The van der Waals surface area contributed by atoms with Crippen molar-refractivity contribution in [1.82, 2.24) is 10.2 Å². The van der Waals surface area contributed by atoms with Gasteiger partial charge in [0.15, 0.2) is 0 Å². The molecule has 0 aromatic heterocycles. The second-order valence-electron chi connectivity index (χ2n) is 4.32.